The average molecular weight is 306 g/mol. The van der Waals surface area contributed by atoms with Gasteiger partial charge < -0.3 is 20.7 Å². The minimum atomic E-state index is -0.481. The van der Waals surface area contributed by atoms with Crippen molar-refractivity contribution in [3.63, 3.8) is 0 Å². The molecule has 0 aliphatic carbocycles. The van der Waals surface area contributed by atoms with Crippen LogP contribution in [0.15, 0.2) is 35.3 Å². The van der Waals surface area contributed by atoms with Gasteiger partial charge in [0.05, 0.1) is 0 Å². The molecule has 0 aromatic heterocycles. The van der Waals surface area contributed by atoms with Crippen LogP contribution in [0.5, 0.6) is 0 Å². The van der Waals surface area contributed by atoms with Crippen LogP contribution < -0.4 is 16.0 Å². The van der Waals surface area contributed by atoms with Crippen LogP contribution in [0.25, 0.3) is 0 Å². The molecule has 0 fully saturated rings. The first-order chi connectivity index (χ1) is 10.4. The van der Waals surface area contributed by atoms with Crippen LogP contribution in [0.2, 0.25) is 0 Å². The molecule has 0 radical (unpaired) electrons. The number of carbonyl (C=O) groups excluding carboxylic acids is 1. The molecule has 6 heteroatoms. The lowest BCUT2D eigenvalue weighted by molar-refractivity contribution is 0.0529. The van der Waals surface area contributed by atoms with Gasteiger partial charge in [-0.25, -0.2) is 4.79 Å². The first kappa shape index (κ1) is 17.8. The number of guanidine groups is 1. The van der Waals surface area contributed by atoms with Crippen LogP contribution in [0.3, 0.4) is 0 Å². The molecule has 0 heterocycles. The summed E-state index contributed by atoms with van der Waals surface area (Å²) in [7, 11) is 1.71. The van der Waals surface area contributed by atoms with Crippen molar-refractivity contribution in [1.82, 2.24) is 16.0 Å². The lowest BCUT2D eigenvalue weighted by atomic mass is 10.2. The third-order valence-corrected chi connectivity index (χ3v) is 2.61. The first-order valence-corrected chi connectivity index (χ1v) is 7.36. The summed E-state index contributed by atoms with van der Waals surface area (Å²) in [6.07, 6.45) is -0.415. The zero-order chi connectivity index (χ0) is 16.4. The standard InChI is InChI=1S/C16H26N4O2/c1-16(2,3)22-15(21)19-11-10-18-14(17-4)20-12-13-8-6-5-7-9-13/h5-9H,10-12H2,1-4H3,(H,19,21)(H2,17,18,20). The summed E-state index contributed by atoms with van der Waals surface area (Å²) in [5, 5.41) is 9.02. The predicted molar refractivity (Wildman–Crippen MR) is 88.9 cm³/mol. The Labute approximate surface area is 132 Å². The van der Waals surface area contributed by atoms with E-state index in [0.717, 1.165) is 0 Å². The smallest absolute Gasteiger partial charge is 0.407 e. The summed E-state index contributed by atoms with van der Waals surface area (Å²) in [6, 6.07) is 10.1. The van der Waals surface area contributed by atoms with E-state index in [2.05, 4.69) is 20.9 Å². The molecular weight excluding hydrogens is 280 g/mol. The number of ether oxygens (including phenoxy) is 1. The first-order valence-electron chi connectivity index (χ1n) is 7.36. The molecule has 0 aliphatic heterocycles. The Hall–Kier alpha value is -2.24. The molecule has 1 amide bonds. The van der Waals surface area contributed by atoms with Crippen molar-refractivity contribution in [2.75, 3.05) is 20.1 Å². The van der Waals surface area contributed by atoms with Crippen LogP contribution >= 0.6 is 0 Å². The number of carbonyl (C=O) groups is 1. The molecule has 0 atom stereocenters. The highest BCUT2D eigenvalue weighted by Crippen LogP contribution is 2.05. The van der Waals surface area contributed by atoms with E-state index in [-0.39, 0.29) is 0 Å². The molecule has 0 saturated carbocycles. The minimum Gasteiger partial charge on any atom is -0.444 e. The number of hydrogen-bond acceptors (Lipinski definition) is 3. The fraction of sp³-hybridized carbons (Fsp3) is 0.500. The number of rotatable bonds is 5. The van der Waals surface area contributed by atoms with Gasteiger partial charge >= 0.3 is 6.09 Å². The fourth-order valence-electron chi connectivity index (χ4n) is 1.66. The summed E-state index contributed by atoms with van der Waals surface area (Å²) >= 11 is 0. The van der Waals surface area contributed by atoms with E-state index in [9.17, 15) is 4.79 Å². The number of amides is 1. The highest BCUT2D eigenvalue weighted by atomic mass is 16.6. The van der Waals surface area contributed by atoms with Crippen LogP contribution in [0.1, 0.15) is 26.3 Å². The van der Waals surface area contributed by atoms with Gasteiger partial charge in [0.15, 0.2) is 5.96 Å². The molecule has 0 saturated heterocycles. The molecule has 0 bridgehead atoms. The topological polar surface area (TPSA) is 74.8 Å². The Balaban J connectivity index is 2.21. The molecule has 22 heavy (non-hydrogen) atoms. The molecule has 122 valence electrons. The monoisotopic (exact) mass is 306 g/mol. The number of aliphatic imine (C=N–C) groups is 1. The van der Waals surface area contributed by atoms with Gasteiger partial charge in [-0.3, -0.25) is 4.99 Å². The lowest BCUT2D eigenvalue weighted by Crippen LogP contribution is -2.42. The third kappa shape index (κ3) is 8.14. The van der Waals surface area contributed by atoms with Gasteiger partial charge in [-0.1, -0.05) is 30.3 Å². The van der Waals surface area contributed by atoms with E-state index in [0.29, 0.717) is 25.6 Å². The maximum atomic E-state index is 11.5. The number of nitrogens with one attached hydrogen (secondary N) is 3. The highest BCUT2D eigenvalue weighted by Gasteiger charge is 2.15. The predicted octanol–water partition coefficient (Wildman–Crippen LogP) is 1.88. The molecule has 3 N–H and O–H groups in total. The van der Waals surface area contributed by atoms with Crippen molar-refractivity contribution < 1.29 is 9.53 Å². The van der Waals surface area contributed by atoms with Crippen molar-refractivity contribution in [2.24, 2.45) is 4.99 Å². The van der Waals surface area contributed by atoms with E-state index in [4.69, 9.17) is 4.74 Å². The van der Waals surface area contributed by atoms with Crippen molar-refractivity contribution in [1.29, 1.82) is 0 Å². The Morgan fingerprint density at radius 3 is 2.32 bits per heavy atom. The van der Waals surface area contributed by atoms with E-state index in [1.165, 1.54) is 5.56 Å². The van der Waals surface area contributed by atoms with Crippen LogP contribution in [0, 0.1) is 0 Å². The fourth-order valence-corrected chi connectivity index (χ4v) is 1.66. The summed E-state index contributed by atoms with van der Waals surface area (Å²) in [5.41, 5.74) is 0.697. The van der Waals surface area contributed by atoms with Gasteiger partial charge in [-0.05, 0) is 26.3 Å². The zero-order valence-corrected chi connectivity index (χ0v) is 13.8. The molecular formula is C16H26N4O2. The minimum absolute atomic E-state index is 0.415. The van der Waals surface area contributed by atoms with E-state index in [1.807, 2.05) is 51.1 Å². The number of hydrogen-bond donors (Lipinski definition) is 3. The second-order valence-corrected chi connectivity index (χ2v) is 5.77. The maximum absolute atomic E-state index is 11.5. The van der Waals surface area contributed by atoms with E-state index < -0.39 is 11.7 Å². The van der Waals surface area contributed by atoms with Crippen LogP contribution in [-0.4, -0.2) is 37.8 Å². The molecule has 1 aromatic rings. The van der Waals surface area contributed by atoms with Gasteiger partial charge in [-0.15, -0.1) is 0 Å². The Morgan fingerprint density at radius 2 is 1.73 bits per heavy atom. The van der Waals surface area contributed by atoms with Crippen molar-refractivity contribution in [3.8, 4) is 0 Å². The molecule has 0 unspecified atom stereocenters. The molecule has 0 aliphatic rings. The average Bonchev–Trinajstić information content (AvgIpc) is 2.46. The van der Waals surface area contributed by atoms with Crippen molar-refractivity contribution in [3.05, 3.63) is 35.9 Å². The normalized spacial score (nSPS) is 11.7. The maximum Gasteiger partial charge on any atom is 0.407 e. The highest BCUT2D eigenvalue weighted by molar-refractivity contribution is 5.79. The van der Waals surface area contributed by atoms with E-state index in [1.54, 1.807) is 7.05 Å². The summed E-state index contributed by atoms with van der Waals surface area (Å²) in [6.45, 7) is 7.22. The van der Waals surface area contributed by atoms with Crippen LogP contribution in [0.4, 0.5) is 4.79 Å². The second-order valence-electron chi connectivity index (χ2n) is 5.77. The Kier molecular flexibility index (Phi) is 7.22. The lowest BCUT2D eigenvalue weighted by Gasteiger charge is -2.19. The number of nitrogens with zero attached hydrogens (tertiary/aromatic N) is 1. The van der Waals surface area contributed by atoms with E-state index >= 15 is 0 Å². The van der Waals surface area contributed by atoms with Gasteiger partial charge in [0.25, 0.3) is 0 Å². The second kappa shape index (κ2) is 8.92. The van der Waals surface area contributed by atoms with Gasteiger partial charge in [-0.2, -0.15) is 0 Å². The van der Waals surface area contributed by atoms with Gasteiger partial charge in [0.2, 0.25) is 0 Å². The van der Waals surface area contributed by atoms with Gasteiger partial charge in [0.1, 0.15) is 5.60 Å². The third-order valence-electron chi connectivity index (χ3n) is 2.61. The summed E-state index contributed by atoms with van der Waals surface area (Å²) < 4.78 is 5.15. The zero-order valence-electron chi connectivity index (χ0n) is 13.8. The number of benzene rings is 1. The van der Waals surface area contributed by atoms with Gasteiger partial charge in [0, 0.05) is 26.7 Å². The summed E-state index contributed by atoms with van der Waals surface area (Å²) in [4.78, 5) is 15.6. The quantitative estimate of drug-likeness (QED) is 0.441. The number of alkyl carbamates (subject to hydrolysis) is 1. The largest absolute Gasteiger partial charge is 0.444 e. The molecule has 1 aromatic carbocycles. The van der Waals surface area contributed by atoms with Crippen molar-refractivity contribution >= 4 is 12.1 Å². The molecule has 6 nitrogen and oxygen atoms in total. The summed E-state index contributed by atoms with van der Waals surface area (Å²) in [5.74, 6) is 0.690. The molecule has 0 spiro atoms. The Morgan fingerprint density at radius 1 is 1.09 bits per heavy atom. The Bertz CT molecular complexity index is 481. The SMILES string of the molecule is CN=C(NCCNC(=O)OC(C)(C)C)NCc1ccccc1. The van der Waals surface area contributed by atoms with Crippen LogP contribution in [-0.2, 0) is 11.3 Å². The van der Waals surface area contributed by atoms with Crippen molar-refractivity contribution in [2.45, 2.75) is 32.9 Å². The molecule has 1 rings (SSSR count).